The van der Waals surface area contributed by atoms with Gasteiger partial charge in [0.1, 0.15) is 6.10 Å². The average molecular weight is 174 g/mol. The van der Waals surface area contributed by atoms with Gasteiger partial charge in [0.25, 0.3) is 0 Å². The molecule has 0 amide bonds. The minimum atomic E-state index is -1.63. The Morgan fingerprint density at radius 3 is 2.25 bits per heavy atom. The van der Waals surface area contributed by atoms with Crippen molar-refractivity contribution >= 4 is 5.97 Å². The maximum Gasteiger partial charge on any atom is 0.331 e. The minimum absolute atomic E-state index is 0.560. The summed E-state index contributed by atoms with van der Waals surface area (Å²) in [4.78, 5) is 10.8. The zero-order valence-corrected chi connectivity index (χ0v) is 7.44. The summed E-state index contributed by atoms with van der Waals surface area (Å²) in [5, 5.41) is 17.1. The first-order chi connectivity index (χ1) is 5.43. The molecule has 1 atom stereocenters. The van der Waals surface area contributed by atoms with Crippen molar-refractivity contribution in [3.63, 3.8) is 0 Å². The number of rotatable bonds is 3. The number of carbonyl (C=O) groups excluding carboxylic acids is 1. The van der Waals surface area contributed by atoms with Crippen LogP contribution >= 0.6 is 0 Å². The van der Waals surface area contributed by atoms with Crippen LogP contribution in [0.2, 0.25) is 0 Å². The fraction of sp³-hybridized carbons (Fsp3) is 0.625. The highest BCUT2D eigenvalue weighted by atomic mass is 16.6. The van der Waals surface area contributed by atoms with E-state index in [1.165, 1.54) is 13.0 Å². The summed E-state index contributed by atoms with van der Waals surface area (Å²) in [7, 11) is 0. The lowest BCUT2D eigenvalue weighted by Crippen LogP contribution is -2.27. The second-order valence-electron chi connectivity index (χ2n) is 2.78. The van der Waals surface area contributed by atoms with E-state index in [1.807, 2.05) is 0 Å². The molecule has 0 rings (SSSR count). The molecule has 0 aromatic rings. The van der Waals surface area contributed by atoms with Gasteiger partial charge in [-0.05, 0) is 20.8 Å². The van der Waals surface area contributed by atoms with E-state index in [4.69, 9.17) is 10.2 Å². The zero-order chi connectivity index (χ0) is 9.72. The molecule has 4 heteroatoms. The zero-order valence-electron chi connectivity index (χ0n) is 7.44. The Morgan fingerprint density at radius 2 is 1.92 bits per heavy atom. The SMILES string of the molecule is CC(C)=CC(=O)OC(C)C(O)O. The standard InChI is InChI=1S/C8H14O4/c1-5(2)4-7(9)12-6(3)8(10)11/h4,6,8,10-11H,1-3H3. The van der Waals surface area contributed by atoms with Gasteiger partial charge < -0.3 is 14.9 Å². The quantitative estimate of drug-likeness (QED) is 0.364. The van der Waals surface area contributed by atoms with E-state index < -0.39 is 18.4 Å². The third-order valence-corrected chi connectivity index (χ3v) is 1.13. The molecule has 0 aliphatic rings. The van der Waals surface area contributed by atoms with Crippen molar-refractivity contribution in [3.8, 4) is 0 Å². The number of esters is 1. The maximum atomic E-state index is 10.8. The molecule has 0 radical (unpaired) electrons. The largest absolute Gasteiger partial charge is 0.454 e. The Kier molecular flexibility index (Phi) is 4.54. The number of ether oxygens (including phenoxy) is 1. The molecule has 0 saturated carbocycles. The van der Waals surface area contributed by atoms with Crippen molar-refractivity contribution in [2.45, 2.75) is 33.2 Å². The Balaban J connectivity index is 3.94. The molecular weight excluding hydrogens is 160 g/mol. The Labute approximate surface area is 71.5 Å². The first-order valence-corrected chi connectivity index (χ1v) is 3.65. The molecule has 0 fully saturated rings. The van der Waals surface area contributed by atoms with Crippen molar-refractivity contribution in [1.29, 1.82) is 0 Å². The fourth-order valence-electron chi connectivity index (χ4n) is 0.514. The lowest BCUT2D eigenvalue weighted by Gasteiger charge is -2.13. The van der Waals surface area contributed by atoms with Crippen LogP contribution in [0, 0.1) is 0 Å². The molecule has 0 saturated heterocycles. The van der Waals surface area contributed by atoms with Gasteiger partial charge in [-0.15, -0.1) is 0 Å². The maximum absolute atomic E-state index is 10.8. The van der Waals surface area contributed by atoms with Crippen LogP contribution in [-0.2, 0) is 9.53 Å². The van der Waals surface area contributed by atoms with E-state index in [9.17, 15) is 4.79 Å². The number of hydrogen-bond acceptors (Lipinski definition) is 4. The van der Waals surface area contributed by atoms with Crippen molar-refractivity contribution in [1.82, 2.24) is 0 Å². The van der Waals surface area contributed by atoms with Crippen molar-refractivity contribution < 1.29 is 19.7 Å². The Morgan fingerprint density at radius 1 is 1.42 bits per heavy atom. The molecule has 70 valence electrons. The molecule has 1 unspecified atom stereocenters. The number of allylic oxidation sites excluding steroid dienone is 1. The molecule has 0 bridgehead atoms. The van der Waals surface area contributed by atoms with Gasteiger partial charge in [0.2, 0.25) is 0 Å². The molecule has 12 heavy (non-hydrogen) atoms. The molecule has 0 spiro atoms. The average Bonchev–Trinajstić information content (AvgIpc) is 1.84. The highest BCUT2D eigenvalue weighted by molar-refractivity contribution is 5.82. The van der Waals surface area contributed by atoms with Crippen LogP contribution in [0.5, 0.6) is 0 Å². The van der Waals surface area contributed by atoms with E-state index in [2.05, 4.69) is 4.74 Å². The van der Waals surface area contributed by atoms with Crippen LogP contribution < -0.4 is 0 Å². The second kappa shape index (κ2) is 4.90. The predicted molar refractivity (Wildman–Crippen MR) is 43.2 cm³/mol. The molecule has 0 aliphatic carbocycles. The van der Waals surface area contributed by atoms with Crippen molar-refractivity contribution in [3.05, 3.63) is 11.6 Å². The molecule has 0 aliphatic heterocycles. The minimum Gasteiger partial charge on any atom is -0.454 e. The van der Waals surface area contributed by atoms with Gasteiger partial charge in [0, 0.05) is 6.08 Å². The summed E-state index contributed by atoms with van der Waals surface area (Å²) in [6.45, 7) is 4.91. The van der Waals surface area contributed by atoms with Crippen LogP contribution in [0.15, 0.2) is 11.6 Å². The normalized spacial score (nSPS) is 12.5. The number of carbonyl (C=O) groups is 1. The summed E-state index contributed by atoms with van der Waals surface area (Å²) in [6.07, 6.45) is -1.23. The topological polar surface area (TPSA) is 66.8 Å². The molecule has 0 aromatic carbocycles. The summed E-state index contributed by atoms with van der Waals surface area (Å²) < 4.78 is 4.61. The Bertz CT molecular complexity index is 179. The van der Waals surface area contributed by atoms with Crippen LogP contribution in [0.3, 0.4) is 0 Å². The first kappa shape index (κ1) is 11.1. The van der Waals surface area contributed by atoms with Crippen LogP contribution in [0.4, 0.5) is 0 Å². The van der Waals surface area contributed by atoms with Crippen LogP contribution in [-0.4, -0.2) is 28.6 Å². The molecule has 0 aromatic heterocycles. The first-order valence-electron chi connectivity index (χ1n) is 3.65. The van der Waals surface area contributed by atoms with Gasteiger partial charge >= 0.3 is 5.97 Å². The number of aliphatic hydroxyl groups excluding tert-OH is 1. The van der Waals surface area contributed by atoms with E-state index in [0.717, 1.165) is 5.57 Å². The highest BCUT2D eigenvalue weighted by Crippen LogP contribution is 1.98. The van der Waals surface area contributed by atoms with Gasteiger partial charge in [-0.3, -0.25) is 0 Å². The molecule has 2 N–H and O–H groups in total. The third kappa shape index (κ3) is 4.87. The van der Waals surface area contributed by atoms with E-state index in [-0.39, 0.29) is 0 Å². The predicted octanol–water partition coefficient (Wildman–Crippen LogP) is 0.195. The van der Waals surface area contributed by atoms with Gasteiger partial charge in [0.05, 0.1) is 0 Å². The summed E-state index contributed by atoms with van der Waals surface area (Å²) in [5.74, 6) is -0.560. The highest BCUT2D eigenvalue weighted by Gasteiger charge is 2.13. The second-order valence-corrected chi connectivity index (χ2v) is 2.78. The van der Waals surface area contributed by atoms with Gasteiger partial charge in [-0.1, -0.05) is 5.57 Å². The molecule has 4 nitrogen and oxygen atoms in total. The smallest absolute Gasteiger partial charge is 0.331 e. The van der Waals surface area contributed by atoms with Crippen molar-refractivity contribution in [2.75, 3.05) is 0 Å². The summed E-state index contributed by atoms with van der Waals surface area (Å²) >= 11 is 0. The lowest BCUT2D eigenvalue weighted by molar-refractivity contribution is -0.166. The lowest BCUT2D eigenvalue weighted by atomic mass is 10.3. The van der Waals surface area contributed by atoms with Gasteiger partial charge in [0.15, 0.2) is 6.29 Å². The number of hydrogen-bond donors (Lipinski definition) is 2. The van der Waals surface area contributed by atoms with Crippen LogP contribution in [0.25, 0.3) is 0 Å². The fourth-order valence-corrected chi connectivity index (χ4v) is 0.514. The molecule has 0 heterocycles. The number of aliphatic hydroxyl groups is 2. The van der Waals surface area contributed by atoms with E-state index in [0.29, 0.717) is 0 Å². The summed E-state index contributed by atoms with van der Waals surface area (Å²) in [5.41, 5.74) is 0.805. The van der Waals surface area contributed by atoms with Gasteiger partial charge in [-0.25, -0.2) is 4.79 Å². The summed E-state index contributed by atoms with van der Waals surface area (Å²) in [6, 6.07) is 0. The van der Waals surface area contributed by atoms with Crippen LogP contribution in [0.1, 0.15) is 20.8 Å². The monoisotopic (exact) mass is 174 g/mol. The van der Waals surface area contributed by atoms with E-state index in [1.54, 1.807) is 13.8 Å². The van der Waals surface area contributed by atoms with Gasteiger partial charge in [-0.2, -0.15) is 0 Å². The Hall–Kier alpha value is -0.870. The molecular formula is C8H14O4. The third-order valence-electron chi connectivity index (χ3n) is 1.13. The van der Waals surface area contributed by atoms with Crippen molar-refractivity contribution in [2.24, 2.45) is 0 Å². The van der Waals surface area contributed by atoms with E-state index >= 15 is 0 Å².